The third kappa shape index (κ3) is 2.33. The number of benzene rings is 5. The van der Waals surface area contributed by atoms with E-state index in [1.807, 2.05) is 24.4 Å². The number of aromatic nitrogens is 2. The standard InChI is InChI=1S/C31H18N2O/c1-3-9-27-22(7-1)25-18-30-26(23-8-2-4-10-29(23)34-30)17-28(25)33(27)21-14-13-19-11-12-20-6-5-15-32-31(20)24(19)16-21/h1-18H. The van der Waals surface area contributed by atoms with Crippen molar-refractivity contribution in [2.75, 3.05) is 0 Å². The Morgan fingerprint density at radius 3 is 2.32 bits per heavy atom. The Morgan fingerprint density at radius 2 is 1.35 bits per heavy atom. The van der Waals surface area contributed by atoms with Gasteiger partial charge in [0.2, 0.25) is 0 Å². The highest BCUT2D eigenvalue weighted by molar-refractivity contribution is 6.17. The lowest BCUT2D eigenvalue weighted by molar-refractivity contribution is 0.669. The molecule has 0 amide bonds. The summed E-state index contributed by atoms with van der Waals surface area (Å²) in [6.07, 6.45) is 1.87. The zero-order valence-corrected chi connectivity index (χ0v) is 18.2. The first kappa shape index (κ1) is 17.9. The molecule has 0 saturated carbocycles. The Hall–Kier alpha value is -4.63. The van der Waals surface area contributed by atoms with E-state index in [-0.39, 0.29) is 0 Å². The summed E-state index contributed by atoms with van der Waals surface area (Å²) < 4.78 is 8.58. The maximum absolute atomic E-state index is 6.21. The average molecular weight is 434 g/mol. The highest BCUT2D eigenvalue weighted by Gasteiger charge is 2.16. The van der Waals surface area contributed by atoms with Gasteiger partial charge in [-0.05, 0) is 47.9 Å². The van der Waals surface area contributed by atoms with Crippen LogP contribution < -0.4 is 0 Å². The minimum absolute atomic E-state index is 0.921. The first-order chi connectivity index (χ1) is 16.8. The molecule has 0 aliphatic heterocycles. The van der Waals surface area contributed by atoms with Gasteiger partial charge in [-0.3, -0.25) is 4.98 Å². The number of para-hydroxylation sites is 2. The predicted molar refractivity (Wildman–Crippen MR) is 141 cm³/mol. The van der Waals surface area contributed by atoms with E-state index in [1.165, 1.54) is 27.2 Å². The second-order valence-corrected chi connectivity index (χ2v) is 8.86. The summed E-state index contributed by atoms with van der Waals surface area (Å²) >= 11 is 0. The van der Waals surface area contributed by atoms with E-state index < -0.39 is 0 Å². The Bertz CT molecular complexity index is 2080. The highest BCUT2D eigenvalue weighted by atomic mass is 16.3. The molecule has 3 heteroatoms. The van der Waals surface area contributed by atoms with Crippen molar-refractivity contribution in [1.82, 2.24) is 9.55 Å². The van der Waals surface area contributed by atoms with Gasteiger partial charge >= 0.3 is 0 Å². The molecule has 3 heterocycles. The van der Waals surface area contributed by atoms with Crippen LogP contribution in [0.3, 0.4) is 0 Å². The Balaban J connectivity index is 1.53. The minimum atomic E-state index is 0.921. The van der Waals surface area contributed by atoms with E-state index >= 15 is 0 Å². The van der Waals surface area contributed by atoms with Crippen LogP contribution in [0.15, 0.2) is 114 Å². The summed E-state index contributed by atoms with van der Waals surface area (Å²) in [4.78, 5) is 4.70. The fourth-order valence-electron chi connectivity index (χ4n) is 5.46. The number of fused-ring (bicyclic) bond motifs is 9. The van der Waals surface area contributed by atoms with Crippen molar-refractivity contribution >= 4 is 65.4 Å². The van der Waals surface area contributed by atoms with Gasteiger partial charge < -0.3 is 8.98 Å². The average Bonchev–Trinajstić information content (AvgIpc) is 3.42. The van der Waals surface area contributed by atoms with Crippen LogP contribution in [0, 0.1) is 0 Å². The van der Waals surface area contributed by atoms with E-state index in [9.17, 15) is 0 Å². The fraction of sp³-hybridized carbons (Fsp3) is 0. The summed E-state index contributed by atoms with van der Waals surface area (Å²) in [6, 6.07) is 36.4. The molecule has 34 heavy (non-hydrogen) atoms. The van der Waals surface area contributed by atoms with Gasteiger partial charge in [0.05, 0.1) is 16.6 Å². The summed E-state index contributed by atoms with van der Waals surface area (Å²) in [5.41, 5.74) is 6.36. The maximum atomic E-state index is 6.21. The lowest BCUT2D eigenvalue weighted by Gasteiger charge is -2.10. The van der Waals surface area contributed by atoms with Gasteiger partial charge in [-0.25, -0.2) is 0 Å². The van der Waals surface area contributed by atoms with Crippen molar-refractivity contribution in [3.63, 3.8) is 0 Å². The molecule has 5 aromatic carbocycles. The molecule has 0 spiro atoms. The molecule has 3 nitrogen and oxygen atoms in total. The quantitative estimate of drug-likeness (QED) is 0.243. The third-order valence-corrected chi connectivity index (χ3v) is 7.00. The van der Waals surface area contributed by atoms with E-state index in [4.69, 9.17) is 9.40 Å². The van der Waals surface area contributed by atoms with Crippen LogP contribution in [0.5, 0.6) is 0 Å². The molecule has 0 bridgehead atoms. The number of pyridine rings is 1. The molecule has 0 radical (unpaired) electrons. The van der Waals surface area contributed by atoms with Gasteiger partial charge in [-0.1, -0.05) is 60.7 Å². The largest absolute Gasteiger partial charge is 0.456 e. The molecule has 158 valence electrons. The monoisotopic (exact) mass is 434 g/mol. The zero-order chi connectivity index (χ0) is 22.2. The van der Waals surface area contributed by atoms with Crippen LogP contribution in [0.2, 0.25) is 0 Å². The molecule has 3 aromatic heterocycles. The summed E-state index contributed by atoms with van der Waals surface area (Å²) in [5.74, 6) is 0. The fourth-order valence-corrected chi connectivity index (χ4v) is 5.46. The Kier molecular flexibility index (Phi) is 3.39. The van der Waals surface area contributed by atoms with Crippen LogP contribution >= 0.6 is 0 Å². The first-order valence-electron chi connectivity index (χ1n) is 11.5. The van der Waals surface area contributed by atoms with Crippen molar-refractivity contribution in [2.45, 2.75) is 0 Å². The SMILES string of the molecule is c1cnc2c(c1)ccc1ccc(-n3c4ccccc4c4cc5oc6ccccc6c5cc43)cc12. The molecule has 8 rings (SSSR count). The van der Waals surface area contributed by atoms with Crippen LogP contribution in [-0.2, 0) is 0 Å². The van der Waals surface area contributed by atoms with E-state index in [2.05, 4.69) is 89.5 Å². The van der Waals surface area contributed by atoms with Gasteiger partial charge in [0.25, 0.3) is 0 Å². The van der Waals surface area contributed by atoms with Crippen molar-refractivity contribution in [3.05, 3.63) is 109 Å². The molecule has 0 atom stereocenters. The number of rotatable bonds is 1. The first-order valence-corrected chi connectivity index (χ1v) is 11.5. The number of furan rings is 1. The van der Waals surface area contributed by atoms with E-state index in [1.54, 1.807) is 0 Å². The molecule has 0 N–H and O–H groups in total. The van der Waals surface area contributed by atoms with Crippen molar-refractivity contribution in [2.24, 2.45) is 0 Å². The molecule has 8 aromatic rings. The van der Waals surface area contributed by atoms with E-state index in [0.717, 1.165) is 43.9 Å². The van der Waals surface area contributed by atoms with Gasteiger partial charge in [0.15, 0.2) is 0 Å². The van der Waals surface area contributed by atoms with Crippen molar-refractivity contribution in [1.29, 1.82) is 0 Å². The second kappa shape index (κ2) is 6.46. The van der Waals surface area contributed by atoms with Crippen LogP contribution in [0.4, 0.5) is 0 Å². The summed E-state index contributed by atoms with van der Waals surface area (Å²) in [6.45, 7) is 0. The normalized spacial score (nSPS) is 12.1. The van der Waals surface area contributed by atoms with Crippen LogP contribution in [0.1, 0.15) is 0 Å². The van der Waals surface area contributed by atoms with Gasteiger partial charge in [-0.15, -0.1) is 0 Å². The van der Waals surface area contributed by atoms with Gasteiger partial charge in [0, 0.05) is 44.2 Å². The molecular formula is C31H18N2O. The Labute approximate surface area is 194 Å². The lowest BCUT2D eigenvalue weighted by Crippen LogP contribution is -1.94. The molecule has 0 unspecified atom stereocenters. The Morgan fingerprint density at radius 1 is 0.529 bits per heavy atom. The lowest BCUT2D eigenvalue weighted by atomic mass is 10.1. The second-order valence-electron chi connectivity index (χ2n) is 8.86. The number of nitrogens with zero attached hydrogens (tertiary/aromatic N) is 2. The minimum Gasteiger partial charge on any atom is -0.456 e. The predicted octanol–water partition coefficient (Wildman–Crippen LogP) is 8.38. The van der Waals surface area contributed by atoms with Crippen molar-refractivity contribution in [3.8, 4) is 5.69 Å². The molecule has 0 saturated heterocycles. The molecular weight excluding hydrogens is 416 g/mol. The van der Waals surface area contributed by atoms with Crippen LogP contribution in [-0.4, -0.2) is 9.55 Å². The molecule has 0 aliphatic carbocycles. The van der Waals surface area contributed by atoms with E-state index in [0.29, 0.717) is 0 Å². The molecule has 0 fully saturated rings. The number of hydrogen-bond donors (Lipinski definition) is 0. The highest BCUT2D eigenvalue weighted by Crippen LogP contribution is 2.38. The number of hydrogen-bond acceptors (Lipinski definition) is 2. The molecule has 0 aliphatic rings. The smallest absolute Gasteiger partial charge is 0.136 e. The van der Waals surface area contributed by atoms with Crippen LogP contribution in [0.25, 0.3) is 71.1 Å². The topological polar surface area (TPSA) is 31.0 Å². The maximum Gasteiger partial charge on any atom is 0.136 e. The van der Waals surface area contributed by atoms with Gasteiger partial charge in [0.1, 0.15) is 11.2 Å². The van der Waals surface area contributed by atoms with Crippen molar-refractivity contribution < 1.29 is 4.42 Å². The summed E-state index contributed by atoms with van der Waals surface area (Å²) in [5, 5.41) is 8.20. The summed E-state index contributed by atoms with van der Waals surface area (Å²) in [7, 11) is 0. The zero-order valence-electron chi connectivity index (χ0n) is 18.2. The van der Waals surface area contributed by atoms with Gasteiger partial charge in [-0.2, -0.15) is 0 Å². The third-order valence-electron chi connectivity index (χ3n) is 7.00.